The second-order valence-electron chi connectivity index (χ2n) is 8.46. The Kier molecular flexibility index (Phi) is 8.05. The topological polar surface area (TPSA) is 125 Å². The minimum atomic E-state index is -1.32. The second kappa shape index (κ2) is 11.2. The van der Waals surface area contributed by atoms with Gasteiger partial charge in [0, 0.05) is 25.2 Å². The first-order valence-corrected chi connectivity index (χ1v) is 11.4. The van der Waals surface area contributed by atoms with Crippen molar-refractivity contribution in [3.05, 3.63) is 59.3 Å². The van der Waals surface area contributed by atoms with Crippen molar-refractivity contribution < 1.29 is 36.9 Å². The number of halogens is 4. The van der Waals surface area contributed by atoms with Crippen molar-refractivity contribution in [2.75, 3.05) is 25.1 Å². The number of aryl methyl sites for hydroxylation is 1. The van der Waals surface area contributed by atoms with Crippen molar-refractivity contribution in [1.29, 1.82) is 0 Å². The van der Waals surface area contributed by atoms with Crippen molar-refractivity contribution in [3.8, 4) is 17.0 Å². The molecule has 0 spiro atoms. The number of nitrogens with two attached hydrogens (primary N) is 1. The van der Waals surface area contributed by atoms with E-state index >= 15 is 0 Å². The molecule has 3 atom stereocenters. The molecule has 0 bridgehead atoms. The molecule has 1 aromatic carbocycles. The zero-order chi connectivity index (χ0) is 26.7. The van der Waals surface area contributed by atoms with Gasteiger partial charge in [-0.05, 0) is 25.0 Å². The zero-order valence-corrected chi connectivity index (χ0v) is 19.8. The number of rotatable bonds is 7. The molecule has 4 N–H and O–H groups in total. The molecule has 0 radical (unpaired) electrons. The molecule has 13 heteroatoms. The Balaban J connectivity index is 1.60. The summed E-state index contributed by atoms with van der Waals surface area (Å²) in [4.78, 5) is 16.8. The van der Waals surface area contributed by atoms with Crippen molar-refractivity contribution >= 4 is 11.6 Å². The summed E-state index contributed by atoms with van der Waals surface area (Å²) >= 11 is 0. The number of carbonyl (C=O) groups excluding carboxylic acids is 1. The lowest BCUT2D eigenvalue weighted by atomic mass is 10.0. The van der Waals surface area contributed by atoms with Crippen LogP contribution in [0.5, 0.6) is 5.75 Å². The van der Waals surface area contributed by atoms with Crippen molar-refractivity contribution in [1.82, 2.24) is 14.8 Å². The summed E-state index contributed by atoms with van der Waals surface area (Å²) in [5.74, 6) is -4.38. The van der Waals surface area contributed by atoms with E-state index in [1.54, 1.807) is 7.05 Å². The van der Waals surface area contributed by atoms with E-state index in [1.165, 1.54) is 10.9 Å². The summed E-state index contributed by atoms with van der Waals surface area (Å²) < 4.78 is 70.0. The number of nitrogens with zero attached hydrogens (tertiary/aromatic N) is 3. The van der Waals surface area contributed by atoms with Crippen LogP contribution in [0.2, 0.25) is 0 Å². The molecule has 9 nitrogen and oxygen atoms in total. The lowest BCUT2D eigenvalue weighted by Gasteiger charge is -2.18. The third kappa shape index (κ3) is 5.73. The molecule has 1 aliphatic rings. The average molecular weight is 523 g/mol. The Hall–Kier alpha value is -3.55. The predicted molar refractivity (Wildman–Crippen MR) is 124 cm³/mol. The number of aromatic nitrogens is 3. The van der Waals surface area contributed by atoms with E-state index < -0.39 is 52.9 Å². The predicted octanol–water partition coefficient (Wildman–Crippen LogP) is 3.04. The fourth-order valence-corrected chi connectivity index (χ4v) is 4.03. The van der Waals surface area contributed by atoms with Crippen molar-refractivity contribution in [3.63, 3.8) is 0 Å². The molecule has 0 aliphatic carbocycles. The molecule has 3 aromatic rings. The highest BCUT2D eigenvalue weighted by atomic mass is 19.1. The second-order valence-corrected chi connectivity index (χ2v) is 8.46. The average Bonchev–Trinajstić information content (AvgIpc) is 3.13. The molecule has 1 saturated heterocycles. The lowest BCUT2D eigenvalue weighted by Crippen LogP contribution is -2.32. The summed E-state index contributed by atoms with van der Waals surface area (Å²) in [6.45, 7) is -0.772. The van der Waals surface area contributed by atoms with Gasteiger partial charge < -0.3 is 25.6 Å². The summed E-state index contributed by atoms with van der Waals surface area (Å²) in [6, 6.07) is 2.91. The van der Waals surface area contributed by atoms with Crippen LogP contribution in [0.25, 0.3) is 11.3 Å². The number of aliphatic hydroxyl groups is 1. The Morgan fingerprint density at radius 3 is 2.68 bits per heavy atom. The Morgan fingerprint density at radius 2 is 1.97 bits per heavy atom. The minimum absolute atomic E-state index is 0.191. The molecule has 0 saturated carbocycles. The molecule has 1 fully saturated rings. The summed E-state index contributed by atoms with van der Waals surface area (Å²) in [5, 5.41) is 15.5. The molecule has 198 valence electrons. The number of anilines is 1. The van der Waals surface area contributed by atoms with Crippen LogP contribution in [0.1, 0.15) is 35.1 Å². The standard InChI is InChI=1S/C24H25F4N5O4/c1-33-23(20-5-3-17(29)16(28)11-37-20)19(10-30-33)32-24(35)18-4-2-13(25)22(31-18)21-14(26)8-12(9-15(21)27)36-7-6-34/h2,4,8-10,16-17,20,34H,3,5-7,11,29H2,1H3,(H,32,35). The van der Waals surface area contributed by atoms with Gasteiger partial charge in [-0.2, -0.15) is 5.10 Å². The van der Waals surface area contributed by atoms with Crippen LogP contribution in [-0.4, -0.2) is 57.8 Å². The van der Waals surface area contributed by atoms with Gasteiger partial charge in [-0.15, -0.1) is 0 Å². The normalized spacial score (nSPS) is 19.9. The first kappa shape index (κ1) is 26.5. The summed E-state index contributed by atoms with van der Waals surface area (Å²) in [7, 11) is 1.62. The van der Waals surface area contributed by atoms with E-state index in [1.807, 2.05) is 0 Å². The smallest absolute Gasteiger partial charge is 0.274 e. The van der Waals surface area contributed by atoms with E-state index in [0.29, 0.717) is 18.5 Å². The van der Waals surface area contributed by atoms with Gasteiger partial charge in [0.15, 0.2) is 0 Å². The molecule has 4 rings (SSSR count). The van der Waals surface area contributed by atoms with E-state index in [-0.39, 0.29) is 37.0 Å². The van der Waals surface area contributed by atoms with Gasteiger partial charge in [0.05, 0.1) is 36.4 Å². The first-order chi connectivity index (χ1) is 17.7. The van der Waals surface area contributed by atoms with Gasteiger partial charge in [0.25, 0.3) is 5.91 Å². The van der Waals surface area contributed by atoms with Crippen molar-refractivity contribution in [2.45, 2.75) is 31.2 Å². The van der Waals surface area contributed by atoms with E-state index in [9.17, 15) is 22.4 Å². The highest BCUT2D eigenvalue weighted by molar-refractivity contribution is 6.03. The van der Waals surface area contributed by atoms with Crippen LogP contribution in [0, 0.1) is 17.5 Å². The maximum absolute atomic E-state index is 14.7. The number of amides is 1. The monoisotopic (exact) mass is 523 g/mol. The number of alkyl halides is 1. The maximum Gasteiger partial charge on any atom is 0.274 e. The van der Waals surface area contributed by atoms with Gasteiger partial charge in [0.1, 0.15) is 53.5 Å². The highest BCUT2D eigenvalue weighted by Crippen LogP contribution is 2.33. The molecule has 3 unspecified atom stereocenters. The number of nitrogens with one attached hydrogen (secondary N) is 1. The highest BCUT2D eigenvalue weighted by Gasteiger charge is 2.30. The maximum atomic E-state index is 14.7. The van der Waals surface area contributed by atoms with Crippen LogP contribution >= 0.6 is 0 Å². The van der Waals surface area contributed by atoms with E-state index in [0.717, 1.165) is 24.3 Å². The van der Waals surface area contributed by atoms with E-state index in [4.69, 9.17) is 20.3 Å². The SMILES string of the molecule is Cn1ncc(NC(=O)c2ccc(F)c(-c3c(F)cc(OCCO)cc3F)n2)c1C1CCC(N)C(F)CO1. The summed E-state index contributed by atoms with van der Waals surface area (Å²) in [5.41, 5.74) is 4.70. The Bertz CT molecular complexity index is 1250. The third-order valence-electron chi connectivity index (χ3n) is 5.91. The van der Waals surface area contributed by atoms with Crippen LogP contribution in [0.15, 0.2) is 30.5 Å². The van der Waals surface area contributed by atoms with Crippen LogP contribution < -0.4 is 15.8 Å². The fraction of sp³-hybridized carbons (Fsp3) is 0.375. The number of hydrogen-bond acceptors (Lipinski definition) is 7. The van der Waals surface area contributed by atoms with Gasteiger partial charge in [-0.3, -0.25) is 9.48 Å². The lowest BCUT2D eigenvalue weighted by molar-refractivity contribution is 0.0247. The van der Waals surface area contributed by atoms with E-state index in [2.05, 4.69) is 15.4 Å². The van der Waals surface area contributed by atoms with Crippen LogP contribution in [0.3, 0.4) is 0 Å². The molecular formula is C24H25F4N5O4. The number of benzene rings is 1. The number of pyridine rings is 1. The van der Waals surface area contributed by atoms with Gasteiger partial charge in [-0.25, -0.2) is 22.5 Å². The zero-order valence-electron chi connectivity index (χ0n) is 19.8. The molecular weight excluding hydrogens is 498 g/mol. The first-order valence-electron chi connectivity index (χ1n) is 11.4. The number of aliphatic hydroxyl groups excluding tert-OH is 1. The number of hydrogen-bond donors (Lipinski definition) is 3. The quantitative estimate of drug-likeness (QED) is 0.407. The largest absolute Gasteiger partial charge is 0.491 e. The third-order valence-corrected chi connectivity index (χ3v) is 5.91. The van der Waals surface area contributed by atoms with Crippen LogP contribution in [0.4, 0.5) is 23.2 Å². The molecule has 1 aliphatic heterocycles. The van der Waals surface area contributed by atoms with Crippen LogP contribution in [-0.2, 0) is 11.8 Å². The Morgan fingerprint density at radius 1 is 1.24 bits per heavy atom. The summed E-state index contributed by atoms with van der Waals surface area (Å²) in [6.07, 6.45) is 0.187. The number of carbonyl (C=O) groups is 1. The van der Waals surface area contributed by atoms with Gasteiger partial charge in [-0.1, -0.05) is 0 Å². The molecule has 1 amide bonds. The van der Waals surface area contributed by atoms with Gasteiger partial charge >= 0.3 is 0 Å². The number of ether oxygens (including phenoxy) is 2. The Labute approximate surface area is 209 Å². The van der Waals surface area contributed by atoms with Crippen molar-refractivity contribution in [2.24, 2.45) is 12.8 Å². The molecule has 3 heterocycles. The minimum Gasteiger partial charge on any atom is -0.491 e. The fourth-order valence-electron chi connectivity index (χ4n) is 4.03. The van der Waals surface area contributed by atoms with Gasteiger partial charge in [0.2, 0.25) is 0 Å². The molecule has 37 heavy (non-hydrogen) atoms. The molecule has 2 aromatic heterocycles.